The van der Waals surface area contributed by atoms with E-state index in [-0.39, 0.29) is 5.56 Å². The largest absolute Gasteiger partial charge is 0.463 e. The quantitative estimate of drug-likeness (QED) is 0.747. The lowest BCUT2D eigenvalue weighted by atomic mass is 10.3. The van der Waals surface area contributed by atoms with Gasteiger partial charge in [0, 0.05) is 11.8 Å². The first-order valence-electron chi connectivity index (χ1n) is 6.30. The van der Waals surface area contributed by atoms with Gasteiger partial charge in [-0.15, -0.1) is 5.10 Å². The number of fused-ring (bicyclic) bond motifs is 1. The van der Waals surface area contributed by atoms with Crippen LogP contribution in [0.4, 0.5) is 0 Å². The second-order valence-corrected chi connectivity index (χ2v) is 5.83. The number of hydrogen-bond donors (Lipinski definition) is 1. The van der Waals surface area contributed by atoms with Crippen molar-refractivity contribution in [1.29, 1.82) is 0 Å². The van der Waals surface area contributed by atoms with E-state index >= 15 is 0 Å². The molecule has 3 rings (SSSR count). The molecule has 0 saturated heterocycles. The third-order valence-electron chi connectivity index (χ3n) is 2.70. The molecule has 0 aliphatic heterocycles. The molecule has 0 radical (unpaired) electrons. The van der Waals surface area contributed by atoms with E-state index in [1.165, 1.54) is 0 Å². The summed E-state index contributed by atoms with van der Waals surface area (Å²) >= 11 is 1.57. The van der Waals surface area contributed by atoms with Gasteiger partial charge in [0.2, 0.25) is 5.16 Å². The fourth-order valence-corrected chi connectivity index (χ4v) is 2.63. The molecule has 7 heteroatoms. The highest BCUT2D eigenvalue weighted by molar-refractivity contribution is 7.99. The van der Waals surface area contributed by atoms with Gasteiger partial charge in [0.15, 0.2) is 5.76 Å². The molecule has 3 heterocycles. The third-order valence-corrected chi connectivity index (χ3v) is 4.05. The van der Waals surface area contributed by atoms with Crippen LogP contribution in [0, 0.1) is 5.92 Å². The van der Waals surface area contributed by atoms with Gasteiger partial charge in [0.1, 0.15) is 11.2 Å². The number of hydrogen-bond acceptors (Lipinski definition) is 5. The molecule has 20 heavy (non-hydrogen) atoms. The van der Waals surface area contributed by atoms with Crippen molar-refractivity contribution in [2.24, 2.45) is 5.92 Å². The van der Waals surface area contributed by atoms with Crippen molar-refractivity contribution in [3.8, 4) is 11.5 Å². The smallest absolute Gasteiger partial charge is 0.290 e. The van der Waals surface area contributed by atoms with Gasteiger partial charge in [-0.25, -0.2) is 9.61 Å². The van der Waals surface area contributed by atoms with E-state index in [4.69, 9.17) is 4.42 Å². The summed E-state index contributed by atoms with van der Waals surface area (Å²) in [5.74, 6) is 2.07. The number of nitrogens with zero attached hydrogens (tertiary/aromatic N) is 3. The van der Waals surface area contributed by atoms with E-state index in [0.29, 0.717) is 28.0 Å². The van der Waals surface area contributed by atoms with Gasteiger partial charge in [-0.2, -0.15) is 5.10 Å². The second kappa shape index (κ2) is 5.16. The van der Waals surface area contributed by atoms with Crippen LogP contribution in [0.2, 0.25) is 0 Å². The normalized spacial score (nSPS) is 11.6. The molecular formula is C13H14N4O2S. The maximum absolute atomic E-state index is 11.8. The van der Waals surface area contributed by atoms with Crippen LogP contribution < -0.4 is 5.56 Å². The molecular weight excluding hydrogens is 276 g/mol. The molecule has 0 fully saturated rings. The van der Waals surface area contributed by atoms with Crippen molar-refractivity contribution < 1.29 is 4.42 Å². The van der Waals surface area contributed by atoms with E-state index in [1.54, 1.807) is 34.7 Å². The summed E-state index contributed by atoms with van der Waals surface area (Å²) in [6, 6.07) is 5.30. The molecule has 0 saturated carbocycles. The molecule has 0 spiro atoms. The number of thioether (sulfide) groups is 1. The first kappa shape index (κ1) is 13.0. The van der Waals surface area contributed by atoms with Crippen LogP contribution >= 0.6 is 11.8 Å². The fourth-order valence-electron chi connectivity index (χ4n) is 1.77. The Kier molecular flexibility index (Phi) is 3.35. The SMILES string of the molecule is CC(C)CSc1n[nH]c(=O)c2cc(-c3ccco3)nn12. The number of rotatable bonds is 4. The van der Waals surface area contributed by atoms with E-state index in [9.17, 15) is 4.79 Å². The first-order valence-corrected chi connectivity index (χ1v) is 7.29. The Hall–Kier alpha value is -2.02. The van der Waals surface area contributed by atoms with Crippen LogP contribution in [0.5, 0.6) is 0 Å². The highest BCUT2D eigenvalue weighted by Gasteiger charge is 2.13. The second-order valence-electron chi connectivity index (χ2n) is 4.84. The molecule has 1 N–H and O–H groups in total. The molecule has 0 unspecified atom stereocenters. The molecule has 0 aromatic carbocycles. The van der Waals surface area contributed by atoms with Gasteiger partial charge >= 0.3 is 0 Å². The standard InChI is InChI=1S/C13H14N4O2S/c1-8(2)7-20-13-15-14-12(18)10-6-9(16-17(10)13)11-4-3-5-19-11/h3-6,8H,7H2,1-2H3,(H,14,18). The highest BCUT2D eigenvalue weighted by atomic mass is 32.2. The number of furan rings is 1. The average molecular weight is 290 g/mol. The predicted octanol–water partition coefficient (Wildman–Crippen LogP) is 2.43. The molecule has 0 aliphatic rings. The van der Waals surface area contributed by atoms with Gasteiger partial charge in [0.05, 0.1) is 6.26 Å². The van der Waals surface area contributed by atoms with Crippen molar-refractivity contribution in [3.63, 3.8) is 0 Å². The topological polar surface area (TPSA) is 76.2 Å². The fraction of sp³-hybridized carbons (Fsp3) is 0.308. The zero-order valence-corrected chi connectivity index (χ0v) is 12.0. The molecule has 6 nitrogen and oxygen atoms in total. The Morgan fingerprint density at radius 2 is 2.35 bits per heavy atom. The predicted molar refractivity (Wildman–Crippen MR) is 76.9 cm³/mol. The van der Waals surface area contributed by atoms with E-state index in [0.717, 1.165) is 5.75 Å². The number of nitrogens with one attached hydrogen (secondary N) is 1. The van der Waals surface area contributed by atoms with Gasteiger partial charge < -0.3 is 4.42 Å². The molecule has 0 amide bonds. The number of aromatic amines is 1. The van der Waals surface area contributed by atoms with E-state index in [2.05, 4.69) is 29.1 Å². The average Bonchev–Trinajstić information content (AvgIpc) is 3.06. The minimum absolute atomic E-state index is 0.260. The number of H-pyrrole nitrogens is 1. The lowest BCUT2D eigenvalue weighted by Crippen LogP contribution is -2.14. The van der Waals surface area contributed by atoms with Crippen LogP contribution in [-0.2, 0) is 0 Å². The Labute approximate surface area is 119 Å². The summed E-state index contributed by atoms with van der Waals surface area (Å²) in [5.41, 5.74) is 0.835. The van der Waals surface area contributed by atoms with Gasteiger partial charge in [-0.05, 0) is 18.1 Å². The van der Waals surface area contributed by atoms with E-state index in [1.807, 2.05) is 6.07 Å². The Morgan fingerprint density at radius 1 is 1.50 bits per heavy atom. The Balaban J connectivity index is 2.09. The van der Waals surface area contributed by atoms with Crippen LogP contribution in [0.1, 0.15) is 13.8 Å². The van der Waals surface area contributed by atoms with Crippen LogP contribution in [0.15, 0.2) is 38.8 Å². The van der Waals surface area contributed by atoms with Gasteiger partial charge in [0.25, 0.3) is 5.56 Å². The van der Waals surface area contributed by atoms with Crippen molar-refractivity contribution in [2.75, 3.05) is 5.75 Å². The maximum Gasteiger partial charge on any atom is 0.290 e. The lowest BCUT2D eigenvalue weighted by Gasteiger charge is -2.04. The molecule has 3 aromatic rings. The molecule has 0 atom stereocenters. The minimum Gasteiger partial charge on any atom is -0.463 e. The molecule has 104 valence electrons. The molecule has 0 bridgehead atoms. The van der Waals surface area contributed by atoms with E-state index < -0.39 is 0 Å². The first-order chi connectivity index (χ1) is 9.65. The monoisotopic (exact) mass is 290 g/mol. The summed E-state index contributed by atoms with van der Waals surface area (Å²) in [4.78, 5) is 11.8. The van der Waals surface area contributed by atoms with Crippen LogP contribution in [0.3, 0.4) is 0 Å². The molecule has 0 aliphatic carbocycles. The summed E-state index contributed by atoms with van der Waals surface area (Å²) in [6.07, 6.45) is 1.58. The summed E-state index contributed by atoms with van der Waals surface area (Å²) in [7, 11) is 0. The Morgan fingerprint density at radius 3 is 3.05 bits per heavy atom. The van der Waals surface area contributed by atoms with Crippen molar-refractivity contribution >= 4 is 17.3 Å². The zero-order valence-electron chi connectivity index (χ0n) is 11.2. The summed E-state index contributed by atoms with van der Waals surface area (Å²) in [5, 5.41) is 11.7. The van der Waals surface area contributed by atoms with Crippen molar-refractivity contribution in [1.82, 2.24) is 19.8 Å². The summed E-state index contributed by atoms with van der Waals surface area (Å²) in [6.45, 7) is 4.26. The van der Waals surface area contributed by atoms with Crippen molar-refractivity contribution in [2.45, 2.75) is 19.0 Å². The van der Waals surface area contributed by atoms with Gasteiger partial charge in [-0.1, -0.05) is 25.6 Å². The van der Waals surface area contributed by atoms with Gasteiger partial charge in [-0.3, -0.25) is 4.79 Å². The van der Waals surface area contributed by atoms with Crippen molar-refractivity contribution in [3.05, 3.63) is 34.8 Å². The van der Waals surface area contributed by atoms with Crippen LogP contribution in [0.25, 0.3) is 17.0 Å². The number of aromatic nitrogens is 4. The minimum atomic E-state index is -0.260. The van der Waals surface area contributed by atoms with Crippen LogP contribution in [-0.4, -0.2) is 25.6 Å². The maximum atomic E-state index is 11.8. The summed E-state index contributed by atoms with van der Waals surface area (Å²) < 4.78 is 6.88. The highest BCUT2D eigenvalue weighted by Crippen LogP contribution is 2.22. The molecule has 3 aromatic heterocycles. The third kappa shape index (κ3) is 2.36. The zero-order chi connectivity index (χ0) is 14.1. The lowest BCUT2D eigenvalue weighted by molar-refractivity contribution is 0.578. The Bertz CT molecular complexity index is 773.